The summed E-state index contributed by atoms with van der Waals surface area (Å²) in [6.45, 7) is 3.39. The number of hydrogen-bond acceptors (Lipinski definition) is 6. The van der Waals surface area contributed by atoms with Gasteiger partial charge in [0, 0.05) is 37.6 Å². The van der Waals surface area contributed by atoms with E-state index < -0.39 is 0 Å². The fraction of sp³-hybridized carbons (Fsp3) is 0.667. The molecule has 1 unspecified atom stereocenters. The van der Waals surface area contributed by atoms with Crippen molar-refractivity contribution in [3.05, 3.63) is 28.2 Å². The highest BCUT2D eigenvalue weighted by molar-refractivity contribution is 7.09. The molecule has 2 fully saturated rings. The second-order valence-corrected chi connectivity index (χ2v) is 7.05. The van der Waals surface area contributed by atoms with Crippen LogP contribution in [0, 0.1) is 0 Å². The zero-order valence-corrected chi connectivity index (χ0v) is 13.6. The molecule has 1 aliphatic heterocycles. The third-order valence-corrected chi connectivity index (χ3v) is 5.58. The molecule has 2 aromatic heterocycles. The third-order valence-electron chi connectivity index (χ3n) is 4.71. The van der Waals surface area contributed by atoms with E-state index in [1.54, 1.807) is 11.3 Å². The quantitative estimate of drug-likeness (QED) is 0.864. The van der Waals surface area contributed by atoms with Gasteiger partial charge >= 0.3 is 0 Å². The summed E-state index contributed by atoms with van der Waals surface area (Å²) in [6.07, 6.45) is 5.78. The molecule has 0 radical (unpaired) electrons. The first-order valence-electron chi connectivity index (χ1n) is 7.93. The average Bonchev–Trinajstić information content (AvgIpc) is 3.11. The maximum Gasteiger partial charge on any atom is 0.146 e. The lowest BCUT2D eigenvalue weighted by Gasteiger charge is -2.31. The smallest absolute Gasteiger partial charge is 0.146 e. The molecule has 0 aromatic carbocycles. The van der Waals surface area contributed by atoms with Crippen LogP contribution in [0.25, 0.3) is 0 Å². The third kappa shape index (κ3) is 2.68. The number of hydrogen-bond donors (Lipinski definition) is 0. The molecule has 1 saturated carbocycles. The van der Waals surface area contributed by atoms with Crippen LogP contribution in [0.1, 0.15) is 47.9 Å². The Morgan fingerprint density at radius 1 is 1.36 bits per heavy atom. The van der Waals surface area contributed by atoms with Gasteiger partial charge in [0.15, 0.2) is 0 Å². The van der Waals surface area contributed by atoms with Crippen LogP contribution in [0.4, 0.5) is 0 Å². The summed E-state index contributed by atoms with van der Waals surface area (Å²) < 4.78 is 8.05. The molecule has 2 aromatic rings. The summed E-state index contributed by atoms with van der Waals surface area (Å²) in [4.78, 5) is 6.77. The number of thiazole rings is 1. The van der Waals surface area contributed by atoms with Gasteiger partial charge in [0.05, 0.1) is 13.2 Å². The van der Waals surface area contributed by atoms with E-state index in [1.165, 1.54) is 19.3 Å². The van der Waals surface area contributed by atoms with Crippen molar-refractivity contribution in [1.29, 1.82) is 0 Å². The first-order chi connectivity index (χ1) is 10.8. The lowest BCUT2D eigenvalue weighted by Crippen LogP contribution is -2.38. The van der Waals surface area contributed by atoms with Crippen LogP contribution in [-0.2, 0) is 18.3 Å². The van der Waals surface area contributed by atoms with Gasteiger partial charge in [-0.05, 0) is 12.8 Å². The molecule has 0 spiro atoms. The van der Waals surface area contributed by atoms with E-state index in [-0.39, 0.29) is 6.10 Å². The minimum absolute atomic E-state index is 0.0908. The van der Waals surface area contributed by atoms with Crippen molar-refractivity contribution < 1.29 is 4.74 Å². The van der Waals surface area contributed by atoms with Crippen molar-refractivity contribution in [1.82, 2.24) is 24.6 Å². The lowest BCUT2D eigenvalue weighted by atomic mass is 9.85. The summed E-state index contributed by atoms with van der Waals surface area (Å²) in [5.41, 5.74) is 0. The summed E-state index contributed by atoms with van der Waals surface area (Å²) in [7, 11) is 2.10. The Morgan fingerprint density at radius 3 is 3.00 bits per heavy atom. The minimum atomic E-state index is 0.0908. The second kappa shape index (κ2) is 6.06. The molecule has 1 saturated heterocycles. The van der Waals surface area contributed by atoms with E-state index in [9.17, 15) is 0 Å². The largest absolute Gasteiger partial charge is 0.368 e. The van der Waals surface area contributed by atoms with Crippen LogP contribution in [0.5, 0.6) is 0 Å². The molecule has 1 atom stereocenters. The Hall–Kier alpha value is -1.31. The van der Waals surface area contributed by atoms with Gasteiger partial charge in [-0.25, -0.2) is 4.98 Å². The summed E-state index contributed by atoms with van der Waals surface area (Å²) in [5.74, 6) is 2.84. The van der Waals surface area contributed by atoms with Gasteiger partial charge in [-0.3, -0.25) is 4.90 Å². The predicted octanol–water partition coefficient (Wildman–Crippen LogP) is 2.11. The highest BCUT2D eigenvalue weighted by Crippen LogP contribution is 2.35. The molecule has 6 nitrogen and oxygen atoms in total. The van der Waals surface area contributed by atoms with Gasteiger partial charge in [0.2, 0.25) is 0 Å². The van der Waals surface area contributed by atoms with Gasteiger partial charge in [-0.1, -0.05) is 6.42 Å². The van der Waals surface area contributed by atoms with Gasteiger partial charge in [-0.15, -0.1) is 21.5 Å². The molecule has 7 heteroatoms. The van der Waals surface area contributed by atoms with E-state index in [0.29, 0.717) is 5.92 Å². The molecule has 3 heterocycles. The van der Waals surface area contributed by atoms with Crippen molar-refractivity contribution in [2.24, 2.45) is 7.05 Å². The van der Waals surface area contributed by atoms with E-state index >= 15 is 0 Å². The fourth-order valence-corrected chi connectivity index (χ4v) is 3.80. The van der Waals surface area contributed by atoms with Crippen LogP contribution < -0.4 is 0 Å². The number of morpholine rings is 1. The molecule has 22 heavy (non-hydrogen) atoms. The summed E-state index contributed by atoms with van der Waals surface area (Å²) in [5, 5.41) is 11.9. The van der Waals surface area contributed by atoms with E-state index in [1.807, 2.05) is 11.6 Å². The Labute approximate surface area is 134 Å². The zero-order valence-electron chi connectivity index (χ0n) is 12.8. The van der Waals surface area contributed by atoms with Crippen molar-refractivity contribution in [2.75, 3.05) is 19.7 Å². The molecule has 118 valence electrons. The predicted molar refractivity (Wildman–Crippen MR) is 83.7 cm³/mol. The van der Waals surface area contributed by atoms with Crippen LogP contribution >= 0.6 is 11.3 Å². The number of ether oxygens (including phenoxy) is 1. The summed E-state index contributed by atoms with van der Waals surface area (Å²) in [6, 6.07) is 0. The van der Waals surface area contributed by atoms with Gasteiger partial charge in [0.1, 0.15) is 22.8 Å². The van der Waals surface area contributed by atoms with Crippen molar-refractivity contribution in [3.8, 4) is 0 Å². The first-order valence-corrected chi connectivity index (χ1v) is 8.80. The monoisotopic (exact) mass is 319 g/mol. The highest BCUT2D eigenvalue weighted by atomic mass is 32.1. The Kier molecular flexibility index (Phi) is 3.94. The second-order valence-electron chi connectivity index (χ2n) is 6.13. The SMILES string of the molecule is Cn1c(CN2CCOC(c3nccs3)C2)nnc1C1CCC1. The molecule has 2 aliphatic rings. The number of rotatable bonds is 4. The van der Waals surface area contributed by atoms with E-state index in [4.69, 9.17) is 4.74 Å². The Balaban J connectivity index is 1.43. The topological polar surface area (TPSA) is 56.1 Å². The molecular formula is C15H21N5OS. The highest BCUT2D eigenvalue weighted by Gasteiger charge is 2.28. The molecule has 1 aliphatic carbocycles. The van der Waals surface area contributed by atoms with Crippen LogP contribution in [-0.4, -0.2) is 44.3 Å². The van der Waals surface area contributed by atoms with Crippen LogP contribution in [0.3, 0.4) is 0 Å². The number of nitrogens with zero attached hydrogens (tertiary/aromatic N) is 5. The van der Waals surface area contributed by atoms with E-state index in [0.717, 1.165) is 42.9 Å². The Morgan fingerprint density at radius 2 is 2.27 bits per heavy atom. The minimum Gasteiger partial charge on any atom is -0.368 e. The standard InChI is InChI=1S/C15H21N5OS/c1-19-13(17-18-14(19)11-3-2-4-11)10-20-6-7-21-12(9-20)15-16-5-8-22-15/h5,8,11-12H,2-4,6-7,9-10H2,1H3. The van der Waals surface area contributed by atoms with Gasteiger partial charge in [0.25, 0.3) is 0 Å². The zero-order chi connectivity index (χ0) is 14.9. The normalized spacial score (nSPS) is 23.6. The molecular weight excluding hydrogens is 298 g/mol. The lowest BCUT2D eigenvalue weighted by molar-refractivity contribution is -0.0340. The number of aromatic nitrogens is 4. The average molecular weight is 319 g/mol. The fourth-order valence-electron chi connectivity index (χ4n) is 3.12. The molecule has 0 bridgehead atoms. The van der Waals surface area contributed by atoms with Gasteiger partial charge < -0.3 is 9.30 Å². The molecule has 4 rings (SSSR count). The van der Waals surface area contributed by atoms with Crippen LogP contribution in [0.2, 0.25) is 0 Å². The van der Waals surface area contributed by atoms with Crippen molar-refractivity contribution in [3.63, 3.8) is 0 Å². The first kappa shape index (κ1) is 14.3. The summed E-state index contributed by atoms with van der Waals surface area (Å²) >= 11 is 1.66. The molecule has 0 N–H and O–H groups in total. The van der Waals surface area contributed by atoms with Crippen molar-refractivity contribution in [2.45, 2.75) is 37.8 Å². The Bertz CT molecular complexity index is 622. The van der Waals surface area contributed by atoms with Crippen LogP contribution in [0.15, 0.2) is 11.6 Å². The molecule has 0 amide bonds. The maximum absolute atomic E-state index is 5.85. The maximum atomic E-state index is 5.85. The van der Waals surface area contributed by atoms with Crippen molar-refractivity contribution >= 4 is 11.3 Å². The van der Waals surface area contributed by atoms with Gasteiger partial charge in [-0.2, -0.15) is 0 Å². The van der Waals surface area contributed by atoms with E-state index in [2.05, 4.69) is 31.7 Å².